The van der Waals surface area contributed by atoms with Crippen molar-refractivity contribution in [2.24, 2.45) is 10.7 Å². The molecule has 0 unspecified atom stereocenters. The minimum absolute atomic E-state index is 0.389. The van der Waals surface area contributed by atoms with E-state index in [2.05, 4.69) is 29.2 Å². The number of methoxy groups -OCH3 is 1. The van der Waals surface area contributed by atoms with Crippen LogP contribution in [-0.2, 0) is 0 Å². The number of nitrogens with two attached hydrogens (primary N) is 1. The molecule has 0 atom stereocenters. The third-order valence-electron chi connectivity index (χ3n) is 3.08. The van der Waals surface area contributed by atoms with Crippen molar-refractivity contribution >= 4 is 23.2 Å². The van der Waals surface area contributed by atoms with Crippen LogP contribution in [-0.4, -0.2) is 44.7 Å². The molecule has 118 valence electrons. The minimum atomic E-state index is 0.389. The molecule has 0 radical (unpaired) electrons. The molecule has 0 spiro atoms. The van der Waals surface area contributed by atoms with E-state index in [0.29, 0.717) is 23.3 Å². The molecule has 0 heterocycles. The summed E-state index contributed by atoms with van der Waals surface area (Å²) in [5.74, 6) is 1.02. The number of nitrogens with zero attached hydrogens (tertiary/aromatic N) is 2. The molecule has 0 fully saturated rings. The predicted octanol–water partition coefficient (Wildman–Crippen LogP) is 2.81. The van der Waals surface area contributed by atoms with Gasteiger partial charge in [-0.05, 0) is 38.2 Å². The number of unbranched alkanes of at least 4 members (excludes halogenated alkanes) is 1. The Morgan fingerprint density at radius 2 is 2.19 bits per heavy atom. The number of ether oxygens (including phenoxy) is 1. The van der Waals surface area contributed by atoms with Crippen molar-refractivity contribution in [3.63, 3.8) is 0 Å². The highest BCUT2D eigenvalue weighted by molar-refractivity contribution is 6.32. The van der Waals surface area contributed by atoms with Gasteiger partial charge >= 0.3 is 0 Å². The van der Waals surface area contributed by atoms with Crippen LogP contribution in [0.5, 0.6) is 5.75 Å². The second-order valence-corrected chi connectivity index (χ2v) is 5.31. The maximum Gasteiger partial charge on any atom is 0.193 e. The normalized spacial score (nSPS) is 11.8. The fourth-order valence-electron chi connectivity index (χ4n) is 1.81. The summed E-state index contributed by atoms with van der Waals surface area (Å²) in [5.41, 5.74) is 6.65. The van der Waals surface area contributed by atoms with E-state index in [1.807, 2.05) is 6.07 Å². The number of hydrogen-bond donors (Lipinski definition) is 2. The van der Waals surface area contributed by atoms with Crippen LogP contribution >= 0.6 is 11.6 Å². The molecular formula is C15H25ClN4O. The molecular weight excluding hydrogens is 288 g/mol. The molecule has 3 N–H and O–H groups in total. The lowest BCUT2D eigenvalue weighted by Crippen LogP contribution is -2.26. The fraction of sp³-hybridized carbons (Fsp3) is 0.533. The fourth-order valence-corrected chi connectivity index (χ4v) is 2.07. The van der Waals surface area contributed by atoms with E-state index in [-0.39, 0.29) is 0 Å². The molecule has 1 rings (SSSR count). The Bertz CT molecular complexity index is 465. The lowest BCUT2D eigenvalue weighted by molar-refractivity contribution is 0.337. The number of aliphatic imine (C=N–C) groups is 1. The van der Waals surface area contributed by atoms with Crippen molar-refractivity contribution in [1.82, 2.24) is 4.90 Å². The lowest BCUT2D eigenvalue weighted by atomic mass is 10.3. The van der Waals surface area contributed by atoms with Gasteiger partial charge in [-0.15, -0.1) is 0 Å². The summed E-state index contributed by atoms with van der Waals surface area (Å²) >= 11 is 6.06. The molecule has 1 aromatic carbocycles. The van der Waals surface area contributed by atoms with E-state index in [9.17, 15) is 0 Å². The zero-order chi connectivity index (χ0) is 15.7. The second kappa shape index (κ2) is 9.47. The number of guanidine groups is 1. The summed E-state index contributed by atoms with van der Waals surface area (Å²) in [6.45, 7) is 4.84. The number of anilines is 1. The van der Waals surface area contributed by atoms with Gasteiger partial charge in [-0.2, -0.15) is 0 Å². The van der Waals surface area contributed by atoms with E-state index < -0.39 is 0 Å². The van der Waals surface area contributed by atoms with Gasteiger partial charge in [0.1, 0.15) is 5.75 Å². The van der Waals surface area contributed by atoms with Gasteiger partial charge in [0.2, 0.25) is 0 Å². The topological polar surface area (TPSA) is 62.9 Å². The summed E-state index contributed by atoms with van der Waals surface area (Å²) in [6, 6.07) is 5.40. The molecule has 0 aliphatic rings. The molecule has 5 nitrogen and oxygen atoms in total. The summed E-state index contributed by atoms with van der Waals surface area (Å²) in [4.78, 5) is 6.56. The number of benzene rings is 1. The van der Waals surface area contributed by atoms with E-state index in [0.717, 1.165) is 18.8 Å². The standard InChI is InChI=1S/C15H25ClN4O/c1-4-5-9-20(2)10-8-18-15(17)19-12-6-7-14(21-3)13(16)11-12/h6-7,11H,4-5,8-10H2,1-3H3,(H3,17,18,19). The number of likely N-dealkylation sites (N-methyl/N-ethyl adjacent to an activating group) is 1. The third kappa shape index (κ3) is 6.69. The Hall–Kier alpha value is -1.46. The first-order chi connectivity index (χ1) is 10.1. The number of rotatable bonds is 8. The Kier molecular flexibility index (Phi) is 7.93. The van der Waals surface area contributed by atoms with Crippen LogP contribution in [0.1, 0.15) is 19.8 Å². The highest BCUT2D eigenvalue weighted by atomic mass is 35.5. The molecule has 0 aliphatic heterocycles. The van der Waals surface area contributed by atoms with Gasteiger partial charge in [-0.25, -0.2) is 0 Å². The monoisotopic (exact) mass is 312 g/mol. The van der Waals surface area contributed by atoms with Gasteiger partial charge in [-0.3, -0.25) is 4.99 Å². The van der Waals surface area contributed by atoms with Crippen molar-refractivity contribution < 1.29 is 4.74 Å². The molecule has 0 aliphatic carbocycles. The predicted molar refractivity (Wildman–Crippen MR) is 90.5 cm³/mol. The van der Waals surface area contributed by atoms with Gasteiger partial charge in [0, 0.05) is 12.2 Å². The van der Waals surface area contributed by atoms with Crippen molar-refractivity contribution in [3.05, 3.63) is 23.2 Å². The largest absolute Gasteiger partial charge is 0.495 e. The maximum absolute atomic E-state index is 6.06. The first-order valence-electron chi connectivity index (χ1n) is 7.15. The Balaban J connectivity index is 2.43. The SMILES string of the molecule is CCCCN(C)CCN=C(N)Nc1ccc(OC)c(Cl)c1. The van der Waals surface area contributed by atoms with E-state index in [1.165, 1.54) is 12.8 Å². The van der Waals surface area contributed by atoms with Crippen LogP contribution in [0.4, 0.5) is 5.69 Å². The maximum atomic E-state index is 6.06. The van der Waals surface area contributed by atoms with Crippen molar-refractivity contribution in [1.29, 1.82) is 0 Å². The molecule has 0 aromatic heterocycles. The first kappa shape index (κ1) is 17.6. The van der Waals surface area contributed by atoms with Crippen molar-refractivity contribution in [3.8, 4) is 5.75 Å². The van der Waals surface area contributed by atoms with Gasteiger partial charge in [-0.1, -0.05) is 24.9 Å². The van der Waals surface area contributed by atoms with E-state index >= 15 is 0 Å². The average Bonchev–Trinajstić information content (AvgIpc) is 2.45. The summed E-state index contributed by atoms with van der Waals surface area (Å²) in [6.07, 6.45) is 2.41. The van der Waals surface area contributed by atoms with Gasteiger partial charge in [0.25, 0.3) is 0 Å². The molecule has 21 heavy (non-hydrogen) atoms. The Morgan fingerprint density at radius 3 is 2.81 bits per heavy atom. The van der Waals surface area contributed by atoms with E-state index in [4.69, 9.17) is 22.1 Å². The summed E-state index contributed by atoms with van der Waals surface area (Å²) < 4.78 is 5.10. The quantitative estimate of drug-likeness (QED) is 0.572. The van der Waals surface area contributed by atoms with Crippen LogP contribution in [0.3, 0.4) is 0 Å². The van der Waals surface area contributed by atoms with Gasteiger partial charge in [0.05, 0.1) is 18.7 Å². The average molecular weight is 313 g/mol. The molecule has 6 heteroatoms. The number of nitrogens with one attached hydrogen (secondary N) is 1. The molecule has 1 aromatic rings. The van der Waals surface area contributed by atoms with Crippen molar-refractivity contribution in [2.45, 2.75) is 19.8 Å². The summed E-state index contributed by atoms with van der Waals surface area (Å²) in [7, 11) is 3.68. The van der Waals surface area contributed by atoms with Crippen LogP contribution < -0.4 is 15.8 Å². The van der Waals surface area contributed by atoms with Gasteiger partial charge in [0.15, 0.2) is 5.96 Å². The smallest absolute Gasteiger partial charge is 0.193 e. The van der Waals surface area contributed by atoms with Crippen LogP contribution in [0.2, 0.25) is 5.02 Å². The lowest BCUT2D eigenvalue weighted by Gasteiger charge is -2.14. The minimum Gasteiger partial charge on any atom is -0.495 e. The Morgan fingerprint density at radius 1 is 1.43 bits per heavy atom. The summed E-state index contributed by atoms with van der Waals surface area (Å²) in [5, 5.41) is 3.56. The van der Waals surface area contributed by atoms with Crippen molar-refractivity contribution in [2.75, 3.05) is 39.1 Å². The zero-order valence-corrected chi connectivity index (χ0v) is 13.8. The molecule has 0 bridgehead atoms. The number of halogens is 1. The third-order valence-corrected chi connectivity index (χ3v) is 3.38. The molecule has 0 saturated heterocycles. The van der Waals surface area contributed by atoms with E-state index in [1.54, 1.807) is 19.2 Å². The molecule has 0 amide bonds. The molecule has 0 saturated carbocycles. The zero-order valence-electron chi connectivity index (χ0n) is 13.0. The highest BCUT2D eigenvalue weighted by Crippen LogP contribution is 2.26. The first-order valence-corrected chi connectivity index (χ1v) is 7.53. The van der Waals surface area contributed by atoms with Crippen LogP contribution in [0.15, 0.2) is 23.2 Å². The highest BCUT2D eigenvalue weighted by Gasteiger charge is 2.02. The van der Waals surface area contributed by atoms with Crippen LogP contribution in [0, 0.1) is 0 Å². The Labute approximate surface area is 132 Å². The van der Waals surface area contributed by atoms with Crippen LogP contribution in [0.25, 0.3) is 0 Å². The second-order valence-electron chi connectivity index (χ2n) is 4.90. The number of hydrogen-bond acceptors (Lipinski definition) is 3. The van der Waals surface area contributed by atoms with Gasteiger partial charge < -0.3 is 20.7 Å².